The molecule has 2 aromatic heterocycles. The zero-order valence-electron chi connectivity index (χ0n) is 17.2. The van der Waals surface area contributed by atoms with Crippen LogP contribution in [0.2, 0.25) is 5.02 Å². The van der Waals surface area contributed by atoms with E-state index in [9.17, 15) is 18.0 Å². The molecule has 1 amide bonds. The van der Waals surface area contributed by atoms with Crippen molar-refractivity contribution in [2.24, 2.45) is 0 Å². The lowest BCUT2D eigenvalue weighted by molar-refractivity contribution is -0.142. The highest BCUT2D eigenvalue weighted by Crippen LogP contribution is 2.34. The molecule has 0 bridgehead atoms. The molecule has 2 heterocycles. The Bertz CT molecular complexity index is 1280. The van der Waals surface area contributed by atoms with Crippen molar-refractivity contribution in [2.45, 2.75) is 19.6 Å². The quantitative estimate of drug-likeness (QED) is 0.397. The number of hydrogen-bond donors (Lipinski definition) is 0. The number of carbonyl (C=O) groups is 1. The van der Waals surface area contributed by atoms with Gasteiger partial charge < -0.3 is 4.90 Å². The van der Waals surface area contributed by atoms with Gasteiger partial charge in [0.05, 0.1) is 5.69 Å². The van der Waals surface area contributed by atoms with Gasteiger partial charge in [-0.3, -0.25) is 4.79 Å². The van der Waals surface area contributed by atoms with Gasteiger partial charge in [0.2, 0.25) is 0 Å². The largest absolute Gasteiger partial charge is 0.433 e. The molecule has 0 fully saturated rings. The molecule has 0 aliphatic heterocycles. The maximum absolute atomic E-state index is 13.8. The van der Waals surface area contributed by atoms with Crippen LogP contribution in [0.1, 0.15) is 27.3 Å². The van der Waals surface area contributed by atoms with Crippen molar-refractivity contribution in [3.8, 4) is 11.3 Å². The highest BCUT2D eigenvalue weighted by Gasteiger charge is 2.37. The molecule has 4 aromatic rings. The molecule has 164 valence electrons. The summed E-state index contributed by atoms with van der Waals surface area (Å²) in [6.45, 7) is 2.12. The molecular weight excluding hydrogens is 441 g/mol. The fraction of sp³-hybridized carbons (Fsp3) is 0.174. The number of carbonyl (C=O) groups excluding carboxylic acids is 1. The van der Waals surface area contributed by atoms with Gasteiger partial charge in [-0.25, -0.2) is 9.50 Å². The van der Waals surface area contributed by atoms with Crippen LogP contribution in [0, 0.1) is 6.92 Å². The summed E-state index contributed by atoms with van der Waals surface area (Å²) in [7, 11) is 1.53. The minimum atomic E-state index is -4.73. The summed E-state index contributed by atoms with van der Waals surface area (Å²) in [4.78, 5) is 18.6. The number of nitrogens with zero attached hydrogens (tertiary/aromatic N) is 4. The van der Waals surface area contributed by atoms with E-state index in [4.69, 9.17) is 11.6 Å². The third-order valence-corrected chi connectivity index (χ3v) is 5.33. The van der Waals surface area contributed by atoms with E-state index in [1.165, 1.54) is 11.9 Å². The second kappa shape index (κ2) is 8.27. The van der Waals surface area contributed by atoms with Crippen molar-refractivity contribution in [3.63, 3.8) is 0 Å². The number of benzene rings is 2. The molecule has 0 saturated heterocycles. The van der Waals surface area contributed by atoms with E-state index in [1.54, 1.807) is 24.3 Å². The highest BCUT2D eigenvalue weighted by molar-refractivity contribution is 6.36. The summed E-state index contributed by atoms with van der Waals surface area (Å²) < 4.78 is 42.1. The molecule has 0 unspecified atom stereocenters. The standard InChI is InChI=1S/C23H18ClF3N4O/c1-14-8-10-16(11-9-14)17-12-18(23(25,26)27)31-21(28-17)19(24)20(29-31)22(32)30(2)13-15-6-4-3-5-7-15/h3-12H,13H2,1-2H3. The Labute approximate surface area is 187 Å². The summed E-state index contributed by atoms with van der Waals surface area (Å²) in [6.07, 6.45) is -4.73. The first kappa shape index (κ1) is 21.8. The van der Waals surface area contributed by atoms with E-state index in [2.05, 4.69) is 10.1 Å². The second-order valence-corrected chi connectivity index (χ2v) is 7.81. The predicted octanol–water partition coefficient (Wildman–Crippen LogP) is 5.65. The molecular formula is C23H18ClF3N4O. The molecule has 0 radical (unpaired) electrons. The van der Waals surface area contributed by atoms with Crippen LogP contribution < -0.4 is 0 Å². The third-order valence-electron chi connectivity index (χ3n) is 4.98. The zero-order valence-corrected chi connectivity index (χ0v) is 17.9. The molecule has 32 heavy (non-hydrogen) atoms. The normalized spacial score (nSPS) is 11.7. The molecule has 0 N–H and O–H groups in total. The summed E-state index contributed by atoms with van der Waals surface area (Å²) in [5.41, 5.74) is 0.821. The first-order valence-electron chi connectivity index (χ1n) is 9.68. The van der Waals surface area contributed by atoms with E-state index in [-0.39, 0.29) is 28.6 Å². The number of halogens is 4. The van der Waals surface area contributed by atoms with Gasteiger partial charge >= 0.3 is 6.18 Å². The van der Waals surface area contributed by atoms with Crippen molar-refractivity contribution in [1.29, 1.82) is 0 Å². The van der Waals surface area contributed by atoms with E-state index >= 15 is 0 Å². The van der Waals surface area contributed by atoms with Gasteiger partial charge in [0.1, 0.15) is 5.02 Å². The molecule has 5 nitrogen and oxygen atoms in total. The van der Waals surface area contributed by atoms with Gasteiger partial charge in [0.25, 0.3) is 5.91 Å². The fourth-order valence-electron chi connectivity index (χ4n) is 3.31. The minimum Gasteiger partial charge on any atom is -0.336 e. The Hall–Kier alpha value is -3.39. The van der Waals surface area contributed by atoms with Gasteiger partial charge in [-0.1, -0.05) is 71.8 Å². The van der Waals surface area contributed by atoms with E-state index < -0.39 is 17.8 Å². The van der Waals surface area contributed by atoms with E-state index in [0.29, 0.717) is 10.1 Å². The van der Waals surface area contributed by atoms with E-state index in [0.717, 1.165) is 17.2 Å². The Morgan fingerprint density at radius 1 is 1.09 bits per heavy atom. The average Bonchev–Trinajstić information content (AvgIpc) is 3.09. The first-order valence-corrected chi connectivity index (χ1v) is 10.1. The maximum Gasteiger partial charge on any atom is 0.433 e. The van der Waals surface area contributed by atoms with Crippen molar-refractivity contribution in [2.75, 3.05) is 7.05 Å². The number of hydrogen-bond acceptors (Lipinski definition) is 3. The smallest absolute Gasteiger partial charge is 0.336 e. The molecule has 0 aliphatic rings. The van der Waals surface area contributed by atoms with Crippen molar-refractivity contribution in [3.05, 3.63) is 88.2 Å². The summed E-state index contributed by atoms with van der Waals surface area (Å²) in [5.74, 6) is -0.602. The Kier molecular flexibility index (Phi) is 5.64. The number of aryl methyl sites for hydroxylation is 1. The second-order valence-electron chi connectivity index (χ2n) is 7.44. The molecule has 0 spiro atoms. The SMILES string of the molecule is Cc1ccc(-c2cc(C(F)(F)F)n3nc(C(=O)N(C)Cc4ccccc4)c(Cl)c3n2)cc1. The number of aromatic nitrogens is 3. The maximum atomic E-state index is 13.8. The average molecular weight is 459 g/mol. The zero-order chi connectivity index (χ0) is 23.0. The van der Waals surface area contributed by atoms with Crippen LogP contribution >= 0.6 is 11.6 Å². The lowest BCUT2D eigenvalue weighted by Crippen LogP contribution is -2.27. The van der Waals surface area contributed by atoms with E-state index in [1.807, 2.05) is 37.3 Å². The Morgan fingerprint density at radius 3 is 2.38 bits per heavy atom. The number of rotatable bonds is 4. The molecule has 0 saturated carbocycles. The molecule has 4 rings (SSSR count). The topological polar surface area (TPSA) is 50.5 Å². The molecule has 9 heteroatoms. The monoisotopic (exact) mass is 458 g/mol. The first-order chi connectivity index (χ1) is 15.1. The molecule has 2 aromatic carbocycles. The van der Waals surface area contributed by atoms with Crippen LogP contribution in [0.4, 0.5) is 13.2 Å². The predicted molar refractivity (Wildman–Crippen MR) is 115 cm³/mol. The van der Waals surface area contributed by atoms with Gasteiger partial charge in [-0.15, -0.1) is 0 Å². The van der Waals surface area contributed by atoms with Crippen LogP contribution in [0.15, 0.2) is 60.7 Å². The number of fused-ring (bicyclic) bond motifs is 1. The molecule has 0 aliphatic carbocycles. The van der Waals surface area contributed by atoms with Crippen LogP contribution in [0.3, 0.4) is 0 Å². The Morgan fingerprint density at radius 2 is 1.75 bits per heavy atom. The van der Waals surface area contributed by atoms with Crippen LogP contribution in [0.5, 0.6) is 0 Å². The lowest BCUT2D eigenvalue weighted by Gasteiger charge is -2.16. The van der Waals surface area contributed by atoms with Crippen LogP contribution in [0.25, 0.3) is 16.9 Å². The number of amides is 1. The van der Waals surface area contributed by atoms with Crippen molar-refractivity contribution < 1.29 is 18.0 Å². The number of alkyl halides is 3. The molecule has 0 atom stereocenters. The summed E-state index contributed by atoms with van der Waals surface area (Å²) in [5, 5.41) is 3.67. The summed E-state index contributed by atoms with van der Waals surface area (Å²) >= 11 is 6.35. The highest BCUT2D eigenvalue weighted by atomic mass is 35.5. The Balaban J connectivity index is 1.81. The van der Waals surface area contributed by atoms with Crippen LogP contribution in [-0.4, -0.2) is 32.5 Å². The fourth-order valence-corrected chi connectivity index (χ4v) is 3.55. The van der Waals surface area contributed by atoms with Gasteiger partial charge in [-0.05, 0) is 18.6 Å². The lowest BCUT2D eigenvalue weighted by atomic mass is 10.1. The minimum absolute atomic E-state index is 0.0864. The van der Waals surface area contributed by atoms with Crippen LogP contribution in [-0.2, 0) is 12.7 Å². The third kappa shape index (κ3) is 4.18. The van der Waals surface area contributed by atoms with Gasteiger partial charge in [0.15, 0.2) is 17.0 Å². The van der Waals surface area contributed by atoms with Crippen molar-refractivity contribution >= 4 is 23.2 Å². The van der Waals surface area contributed by atoms with Gasteiger partial charge in [-0.2, -0.15) is 18.3 Å². The van der Waals surface area contributed by atoms with Gasteiger partial charge in [0, 0.05) is 19.2 Å². The van der Waals surface area contributed by atoms with Crippen molar-refractivity contribution in [1.82, 2.24) is 19.5 Å². The summed E-state index contributed by atoms with van der Waals surface area (Å²) in [6, 6.07) is 17.0.